The maximum Gasteiger partial charge on any atom is 0.413 e. The molecule has 0 bridgehead atoms. The van der Waals surface area contributed by atoms with E-state index in [0.29, 0.717) is 0 Å². The third kappa shape index (κ3) is 3.67. The molecule has 0 aliphatic rings. The standard InChI is InChI=1S/C9H15N5O3/c1-9(2,3)17-8(15)12-7-5(4-11-13-7)6(10)14-16/h4,16H,1-3H3,(H2,10,14)(H2,11,12,13,15). The normalized spacial score (nSPS) is 12.3. The maximum atomic E-state index is 11.5. The molecule has 5 N–H and O–H groups in total. The molecule has 1 aromatic rings. The van der Waals surface area contributed by atoms with Crippen molar-refractivity contribution in [1.82, 2.24) is 10.2 Å². The first-order chi connectivity index (χ1) is 7.83. The van der Waals surface area contributed by atoms with E-state index in [4.69, 9.17) is 15.7 Å². The van der Waals surface area contributed by atoms with Crippen molar-refractivity contribution >= 4 is 17.7 Å². The highest BCUT2D eigenvalue weighted by Gasteiger charge is 2.18. The monoisotopic (exact) mass is 241 g/mol. The molecule has 94 valence electrons. The van der Waals surface area contributed by atoms with Gasteiger partial charge in [-0.1, -0.05) is 5.16 Å². The molecule has 1 aromatic heterocycles. The van der Waals surface area contributed by atoms with E-state index in [1.165, 1.54) is 6.20 Å². The van der Waals surface area contributed by atoms with Crippen LogP contribution >= 0.6 is 0 Å². The van der Waals surface area contributed by atoms with Gasteiger partial charge in [-0.25, -0.2) is 4.79 Å². The van der Waals surface area contributed by atoms with Gasteiger partial charge in [0.05, 0.1) is 11.8 Å². The average Bonchev–Trinajstić information content (AvgIpc) is 2.61. The highest BCUT2D eigenvalue weighted by atomic mass is 16.6. The van der Waals surface area contributed by atoms with Crippen LogP contribution in [0.4, 0.5) is 10.6 Å². The number of oxime groups is 1. The minimum Gasteiger partial charge on any atom is -0.444 e. The molecule has 0 radical (unpaired) electrons. The zero-order valence-electron chi connectivity index (χ0n) is 9.81. The Bertz CT molecular complexity index is 432. The van der Waals surface area contributed by atoms with Crippen molar-refractivity contribution in [3.05, 3.63) is 11.8 Å². The van der Waals surface area contributed by atoms with Crippen LogP contribution in [-0.4, -0.2) is 32.9 Å². The molecule has 1 rings (SSSR count). The molecule has 17 heavy (non-hydrogen) atoms. The number of amides is 1. The molecule has 0 saturated carbocycles. The molecule has 0 aliphatic heterocycles. The molecule has 0 spiro atoms. The second kappa shape index (κ2) is 4.73. The fraction of sp³-hybridized carbons (Fsp3) is 0.444. The largest absolute Gasteiger partial charge is 0.444 e. The summed E-state index contributed by atoms with van der Waals surface area (Å²) in [5.41, 5.74) is 5.06. The molecular weight excluding hydrogens is 226 g/mol. The number of amidine groups is 1. The summed E-state index contributed by atoms with van der Waals surface area (Å²) in [5.74, 6) is 0.0411. The first kappa shape index (κ1) is 12.8. The number of hydrogen-bond acceptors (Lipinski definition) is 5. The minimum absolute atomic E-state index is 0.162. The molecule has 1 amide bonds. The quantitative estimate of drug-likeness (QED) is 0.264. The van der Waals surface area contributed by atoms with E-state index in [9.17, 15) is 4.79 Å². The van der Waals surface area contributed by atoms with Gasteiger partial charge in [0.15, 0.2) is 5.84 Å². The van der Waals surface area contributed by atoms with Crippen molar-refractivity contribution in [2.45, 2.75) is 26.4 Å². The van der Waals surface area contributed by atoms with Gasteiger partial charge in [-0.3, -0.25) is 10.4 Å². The van der Waals surface area contributed by atoms with Crippen LogP contribution in [0.5, 0.6) is 0 Å². The van der Waals surface area contributed by atoms with Crippen molar-refractivity contribution in [2.75, 3.05) is 5.32 Å². The highest BCUT2D eigenvalue weighted by molar-refractivity contribution is 6.03. The van der Waals surface area contributed by atoms with Gasteiger partial charge in [0.2, 0.25) is 0 Å². The van der Waals surface area contributed by atoms with Crippen LogP contribution in [0.2, 0.25) is 0 Å². The number of nitrogens with one attached hydrogen (secondary N) is 2. The molecule has 0 fully saturated rings. The number of rotatable bonds is 2. The van der Waals surface area contributed by atoms with Crippen LogP contribution in [0.15, 0.2) is 11.4 Å². The first-order valence-corrected chi connectivity index (χ1v) is 4.85. The number of anilines is 1. The van der Waals surface area contributed by atoms with Gasteiger partial charge in [0.1, 0.15) is 11.4 Å². The van der Waals surface area contributed by atoms with Gasteiger partial charge >= 0.3 is 6.09 Å². The number of hydrogen-bond donors (Lipinski definition) is 4. The summed E-state index contributed by atoms with van der Waals surface area (Å²) in [6.45, 7) is 5.22. The Hall–Kier alpha value is -2.25. The Morgan fingerprint density at radius 3 is 2.82 bits per heavy atom. The number of nitrogens with two attached hydrogens (primary N) is 1. The van der Waals surface area contributed by atoms with Gasteiger partial charge < -0.3 is 15.7 Å². The van der Waals surface area contributed by atoms with E-state index in [0.717, 1.165) is 0 Å². The lowest BCUT2D eigenvalue weighted by Gasteiger charge is -2.19. The number of aromatic amines is 1. The fourth-order valence-electron chi connectivity index (χ4n) is 1.04. The molecule has 0 atom stereocenters. The average molecular weight is 241 g/mol. The summed E-state index contributed by atoms with van der Waals surface area (Å²) in [6, 6.07) is 0. The SMILES string of the molecule is CC(C)(C)OC(=O)Nc1[nH]ncc1C(N)=NO. The van der Waals surface area contributed by atoms with Crippen LogP contribution in [-0.2, 0) is 4.74 Å². The van der Waals surface area contributed by atoms with E-state index in [1.54, 1.807) is 20.8 Å². The van der Waals surface area contributed by atoms with E-state index in [2.05, 4.69) is 20.7 Å². The van der Waals surface area contributed by atoms with Crippen LogP contribution in [0, 0.1) is 0 Å². The van der Waals surface area contributed by atoms with Gasteiger partial charge in [-0.2, -0.15) is 5.10 Å². The van der Waals surface area contributed by atoms with Crippen LogP contribution in [0.3, 0.4) is 0 Å². The van der Waals surface area contributed by atoms with Gasteiger partial charge in [-0.15, -0.1) is 0 Å². The molecule has 1 heterocycles. The summed E-state index contributed by atoms with van der Waals surface area (Å²) in [5, 5.41) is 19.9. The highest BCUT2D eigenvalue weighted by Crippen LogP contribution is 2.13. The number of aromatic nitrogens is 2. The molecule has 8 nitrogen and oxygen atoms in total. The van der Waals surface area contributed by atoms with E-state index in [-0.39, 0.29) is 17.2 Å². The van der Waals surface area contributed by atoms with Gasteiger partial charge in [0.25, 0.3) is 0 Å². The zero-order valence-corrected chi connectivity index (χ0v) is 9.81. The van der Waals surface area contributed by atoms with E-state index in [1.807, 2.05) is 0 Å². The fourth-order valence-corrected chi connectivity index (χ4v) is 1.04. The van der Waals surface area contributed by atoms with Crippen molar-refractivity contribution < 1.29 is 14.7 Å². The lowest BCUT2D eigenvalue weighted by molar-refractivity contribution is 0.0635. The Morgan fingerprint density at radius 1 is 1.65 bits per heavy atom. The first-order valence-electron chi connectivity index (χ1n) is 4.85. The van der Waals surface area contributed by atoms with Crippen molar-refractivity contribution in [2.24, 2.45) is 10.9 Å². The third-order valence-electron chi connectivity index (χ3n) is 1.65. The predicted molar refractivity (Wildman–Crippen MR) is 61.0 cm³/mol. The maximum absolute atomic E-state index is 11.5. The summed E-state index contributed by atoms with van der Waals surface area (Å²) in [4.78, 5) is 11.5. The Morgan fingerprint density at radius 2 is 2.29 bits per heavy atom. The summed E-state index contributed by atoms with van der Waals surface area (Å²) >= 11 is 0. The van der Waals surface area contributed by atoms with Crippen LogP contribution in [0.1, 0.15) is 26.3 Å². The van der Waals surface area contributed by atoms with Crippen LogP contribution in [0.25, 0.3) is 0 Å². The predicted octanol–water partition coefficient (Wildman–Crippen LogP) is 0.851. The van der Waals surface area contributed by atoms with E-state index >= 15 is 0 Å². The number of carbonyl (C=O) groups excluding carboxylic acids is 1. The molecule has 0 aromatic carbocycles. The molecule has 0 saturated heterocycles. The second-order valence-electron chi connectivity index (χ2n) is 4.27. The number of nitrogens with zero attached hydrogens (tertiary/aromatic N) is 2. The molecule has 0 aliphatic carbocycles. The van der Waals surface area contributed by atoms with Crippen molar-refractivity contribution in [3.8, 4) is 0 Å². The summed E-state index contributed by atoms with van der Waals surface area (Å²) < 4.78 is 5.04. The smallest absolute Gasteiger partial charge is 0.413 e. The molecule has 0 unspecified atom stereocenters. The summed E-state index contributed by atoms with van der Waals surface area (Å²) in [7, 11) is 0. The Kier molecular flexibility index (Phi) is 3.56. The number of carbonyl (C=O) groups is 1. The Labute approximate surface area is 97.8 Å². The minimum atomic E-state index is -0.659. The van der Waals surface area contributed by atoms with Gasteiger partial charge in [0, 0.05) is 0 Å². The van der Waals surface area contributed by atoms with Crippen molar-refractivity contribution in [3.63, 3.8) is 0 Å². The second-order valence-corrected chi connectivity index (χ2v) is 4.27. The summed E-state index contributed by atoms with van der Waals surface area (Å²) in [6.07, 6.45) is 0.663. The lowest BCUT2D eigenvalue weighted by Crippen LogP contribution is -2.28. The molecular formula is C9H15N5O3. The third-order valence-corrected chi connectivity index (χ3v) is 1.65. The van der Waals surface area contributed by atoms with Crippen molar-refractivity contribution in [1.29, 1.82) is 0 Å². The molecule has 8 heteroatoms. The van der Waals surface area contributed by atoms with Gasteiger partial charge in [-0.05, 0) is 20.8 Å². The lowest BCUT2D eigenvalue weighted by atomic mass is 10.2. The van der Waals surface area contributed by atoms with E-state index < -0.39 is 11.7 Å². The zero-order chi connectivity index (χ0) is 13.1. The van der Waals surface area contributed by atoms with Crippen LogP contribution < -0.4 is 11.1 Å². The number of H-pyrrole nitrogens is 1. The number of ether oxygens (including phenoxy) is 1. The topological polar surface area (TPSA) is 126 Å². The Balaban J connectivity index is 2.76.